The van der Waals surface area contributed by atoms with Gasteiger partial charge in [-0.3, -0.25) is 9.59 Å². The molecule has 120 valence electrons. The quantitative estimate of drug-likeness (QED) is 0.885. The van der Waals surface area contributed by atoms with E-state index in [0.29, 0.717) is 25.1 Å². The zero-order valence-electron chi connectivity index (χ0n) is 12.8. The first kappa shape index (κ1) is 16.8. The summed E-state index contributed by atoms with van der Waals surface area (Å²) < 4.78 is 6.16. The number of carbonyl (C=O) groups is 2. The van der Waals surface area contributed by atoms with Gasteiger partial charge in [0, 0.05) is 23.1 Å². The fraction of sp³-hybridized carbons (Fsp3) is 0.500. The SMILES string of the molecule is COc1ccc(Br)cc1CC(=O)N1CCCC(C)(C(=O)O)C1. The molecule has 1 atom stereocenters. The third-order valence-corrected chi connectivity index (χ3v) is 4.64. The van der Waals surface area contributed by atoms with Crippen molar-refractivity contribution in [1.29, 1.82) is 0 Å². The van der Waals surface area contributed by atoms with Crippen molar-refractivity contribution in [3.8, 4) is 5.75 Å². The van der Waals surface area contributed by atoms with E-state index in [9.17, 15) is 14.7 Å². The van der Waals surface area contributed by atoms with E-state index in [4.69, 9.17) is 4.74 Å². The second-order valence-electron chi connectivity index (χ2n) is 5.92. The molecule has 1 N–H and O–H groups in total. The molecule has 0 aliphatic carbocycles. The van der Waals surface area contributed by atoms with Crippen LogP contribution in [0.25, 0.3) is 0 Å². The highest BCUT2D eigenvalue weighted by molar-refractivity contribution is 9.10. The van der Waals surface area contributed by atoms with Crippen LogP contribution in [0.2, 0.25) is 0 Å². The van der Waals surface area contributed by atoms with Gasteiger partial charge in [-0.15, -0.1) is 0 Å². The molecule has 22 heavy (non-hydrogen) atoms. The average Bonchev–Trinajstić information content (AvgIpc) is 2.47. The number of carbonyl (C=O) groups excluding carboxylic acids is 1. The molecule has 0 spiro atoms. The van der Waals surface area contributed by atoms with Crippen LogP contribution in [-0.2, 0) is 16.0 Å². The van der Waals surface area contributed by atoms with Crippen molar-refractivity contribution in [2.24, 2.45) is 5.41 Å². The van der Waals surface area contributed by atoms with Crippen molar-refractivity contribution in [1.82, 2.24) is 4.90 Å². The number of amides is 1. The first-order chi connectivity index (χ1) is 10.4. The van der Waals surface area contributed by atoms with Crippen LogP contribution in [0.3, 0.4) is 0 Å². The minimum absolute atomic E-state index is 0.0661. The minimum Gasteiger partial charge on any atom is -0.496 e. The van der Waals surface area contributed by atoms with Crippen molar-refractivity contribution in [2.75, 3.05) is 20.2 Å². The third kappa shape index (κ3) is 3.61. The van der Waals surface area contributed by atoms with E-state index in [-0.39, 0.29) is 18.9 Å². The topological polar surface area (TPSA) is 66.8 Å². The molecule has 1 unspecified atom stereocenters. The fourth-order valence-corrected chi connectivity index (χ4v) is 3.20. The standard InChI is InChI=1S/C16H20BrNO4/c1-16(15(20)21)6-3-7-18(10-16)14(19)9-11-8-12(17)4-5-13(11)22-2/h4-5,8H,3,6-7,9-10H2,1-2H3,(H,20,21). The number of hydrogen-bond donors (Lipinski definition) is 1. The van der Waals surface area contributed by atoms with Gasteiger partial charge in [-0.2, -0.15) is 0 Å². The van der Waals surface area contributed by atoms with E-state index in [1.807, 2.05) is 18.2 Å². The number of nitrogens with zero attached hydrogens (tertiary/aromatic N) is 1. The Morgan fingerprint density at radius 2 is 2.18 bits per heavy atom. The van der Waals surface area contributed by atoms with E-state index >= 15 is 0 Å². The Morgan fingerprint density at radius 1 is 1.45 bits per heavy atom. The summed E-state index contributed by atoms with van der Waals surface area (Å²) in [5.74, 6) is -0.247. The smallest absolute Gasteiger partial charge is 0.311 e. The molecule has 0 bridgehead atoms. The van der Waals surface area contributed by atoms with E-state index in [2.05, 4.69) is 15.9 Å². The molecule has 6 heteroatoms. The molecule has 0 radical (unpaired) electrons. The maximum atomic E-state index is 12.5. The molecule has 1 aromatic carbocycles. The van der Waals surface area contributed by atoms with Gasteiger partial charge in [-0.05, 0) is 38.0 Å². The highest BCUT2D eigenvalue weighted by atomic mass is 79.9. The van der Waals surface area contributed by atoms with Gasteiger partial charge in [0.1, 0.15) is 5.75 Å². The number of likely N-dealkylation sites (tertiary alicyclic amines) is 1. The largest absolute Gasteiger partial charge is 0.496 e. The third-order valence-electron chi connectivity index (χ3n) is 4.15. The van der Waals surface area contributed by atoms with Gasteiger partial charge in [-0.1, -0.05) is 15.9 Å². The monoisotopic (exact) mass is 369 g/mol. The lowest BCUT2D eigenvalue weighted by Crippen LogP contribution is -2.48. The van der Waals surface area contributed by atoms with Crippen molar-refractivity contribution in [3.63, 3.8) is 0 Å². The predicted molar refractivity (Wildman–Crippen MR) is 86.0 cm³/mol. The summed E-state index contributed by atoms with van der Waals surface area (Å²) in [7, 11) is 1.57. The van der Waals surface area contributed by atoms with Crippen LogP contribution in [0.5, 0.6) is 5.75 Å². The zero-order chi connectivity index (χ0) is 16.3. The number of methoxy groups -OCH3 is 1. The highest BCUT2D eigenvalue weighted by Gasteiger charge is 2.39. The summed E-state index contributed by atoms with van der Waals surface area (Å²) in [6, 6.07) is 5.52. The molecule has 1 fully saturated rings. The highest BCUT2D eigenvalue weighted by Crippen LogP contribution is 2.31. The van der Waals surface area contributed by atoms with Crippen LogP contribution in [0.4, 0.5) is 0 Å². The summed E-state index contributed by atoms with van der Waals surface area (Å²) in [5, 5.41) is 9.34. The van der Waals surface area contributed by atoms with Crippen molar-refractivity contribution < 1.29 is 19.4 Å². The van der Waals surface area contributed by atoms with Gasteiger partial charge in [0.25, 0.3) is 0 Å². The second-order valence-corrected chi connectivity index (χ2v) is 6.83. The summed E-state index contributed by atoms with van der Waals surface area (Å²) >= 11 is 3.39. The number of carboxylic acid groups (broad SMARTS) is 1. The first-order valence-corrected chi connectivity index (χ1v) is 7.98. The van der Waals surface area contributed by atoms with Gasteiger partial charge in [-0.25, -0.2) is 0 Å². The molecule has 1 saturated heterocycles. The lowest BCUT2D eigenvalue weighted by Gasteiger charge is -2.37. The van der Waals surface area contributed by atoms with E-state index in [1.165, 1.54) is 0 Å². The zero-order valence-corrected chi connectivity index (χ0v) is 14.4. The van der Waals surface area contributed by atoms with Crippen LogP contribution in [0, 0.1) is 5.41 Å². The van der Waals surface area contributed by atoms with E-state index in [1.54, 1.807) is 18.9 Å². The van der Waals surface area contributed by atoms with Crippen molar-refractivity contribution in [2.45, 2.75) is 26.2 Å². The number of aliphatic carboxylic acids is 1. The lowest BCUT2D eigenvalue weighted by atomic mass is 9.82. The first-order valence-electron chi connectivity index (χ1n) is 7.19. The van der Waals surface area contributed by atoms with Crippen LogP contribution in [0.15, 0.2) is 22.7 Å². The number of piperidine rings is 1. The number of benzene rings is 1. The van der Waals surface area contributed by atoms with E-state index in [0.717, 1.165) is 10.0 Å². The Bertz CT molecular complexity index is 590. The molecular weight excluding hydrogens is 350 g/mol. The summed E-state index contributed by atoms with van der Waals surface area (Å²) in [5.41, 5.74) is -0.0561. The number of carboxylic acids is 1. The van der Waals surface area contributed by atoms with Crippen LogP contribution in [0.1, 0.15) is 25.3 Å². The van der Waals surface area contributed by atoms with Gasteiger partial charge >= 0.3 is 5.97 Å². The van der Waals surface area contributed by atoms with Gasteiger partial charge in [0.15, 0.2) is 0 Å². The fourth-order valence-electron chi connectivity index (χ4n) is 2.79. The normalized spacial score (nSPS) is 21.5. The van der Waals surface area contributed by atoms with Gasteiger partial charge < -0.3 is 14.7 Å². The molecule has 5 nitrogen and oxygen atoms in total. The molecule has 1 aliphatic rings. The molecule has 1 aliphatic heterocycles. The molecule has 0 aromatic heterocycles. The number of rotatable bonds is 4. The molecule has 1 heterocycles. The maximum Gasteiger partial charge on any atom is 0.311 e. The number of ether oxygens (including phenoxy) is 1. The molecule has 1 amide bonds. The van der Waals surface area contributed by atoms with Crippen LogP contribution in [-0.4, -0.2) is 42.1 Å². The Balaban J connectivity index is 2.12. The van der Waals surface area contributed by atoms with E-state index < -0.39 is 11.4 Å². The maximum absolute atomic E-state index is 12.5. The van der Waals surface area contributed by atoms with Gasteiger partial charge in [0.05, 0.1) is 18.9 Å². The van der Waals surface area contributed by atoms with Crippen molar-refractivity contribution >= 4 is 27.8 Å². The van der Waals surface area contributed by atoms with Crippen LogP contribution < -0.4 is 4.74 Å². The number of hydrogen-bond acceptors (Lipinski definition) is 3. The molecule has 0 saturated carbocycles. The Hall–Kier alpha value is -1.56. The summed E-state index contributed by atoms with van der Waals surface area (Å²) in [6.07, 6.45) is 1.52. The lowest BCUT2D eigenvalue weighted by molar-refractivity contribution is -0.153. The molecular formula is C16H20BrNO4. The second kappa shape index (κ2) is 6.69. The number of halogens is 1. The van der Waals surface area contributed by atoms with Crippen molar-refractivity contribution in [3.05, 3.63) is 28.2 Å². The summed E-state index contributed by atoms with van der Waals surface area (Å²) in [6.45, 7) is 2.57. The Morgan fingerprint density at radius 3 is 2.82 bits per heavy atom. The average molecular weight is 370 g/mol. The predicted octanol–water partition coefficient (Wildman–Crippen LogP) is 2.71. The molecule has 2 rings (SSSR count). The minimum atomic E-state index is -0.852. The summed E-state index contributed by atoms with van der Waals surface area (Å²) in [4.78, 5) is 25.6. The van der Waals surface area contributed by atoms with Crippen LogP contribution >= 0.6 is 15.9 Å². The Labute approximate surface area is 138 Å². The Kier molecular flexibility index (Phi) is 5.11. The molecule has 1 aromatic rings. The van der Waals surface area contributed by atoms with Gasteiger partial charge in [0.2, 0.25) is 5.91 Å².